The van der Waals surface area contributed by atoms with Crippen LogP contribution in [-0.4, -0.2) is 12.3 Å². The van der Waals surface area contributed by atoms with Crippen molar-refractivity contribution in [1.82, 2.24) is 0 Å². The van der Waals surface area contributed by atoms with Crippen molar-refractivity contribution in [2.24, 2.45) is 4.99 Å². The Bertz CT molecular complexity index is 1690. The van der Waals surface area contributed by atoms with Crippen molar-refractivity contribution >= 4 is 17.1 Å². The maximum absolute atomic E-state index is 6.70. The number of aryl methyl sites for hydroxylation is 1. The van der Waals surface area contributed by atoms with Gasteiger partial charge < -0.3 is 16.6 Å². The van der Waals surface area contributed by atoms with Gasteiger partial charge in [-0.3, -0.25) is 4.99 Å². The number of ether oxygens (including phenoxy) is 1. The predicted octanol–water partition coefficient (Wildman–Crippen LogP) is 10.3. The zero-order valence-electron chi connectivity index (χ0n) is 26.6. The van der Waals surface area contributed by atoms with Crippen LogP contribution in [0.1, 0.15) is 70.1 Å². The zero-order chi connectivity index (χ0) is 30.2. The monoisotopic (exact) mass is 759 g/mol. The number of anilines is 1. The number of para-hydroxylation sites is 2. The zero-order valence-corrected chi connectivity index (χ0v) is 29.2. The van der Waals surface area contributed by atoms with Crippen LogP contribution in [0.3, 0.4) is 0 Å². The van der Waals surface area contributed by atoms with E-state index in [2.05, 4.69) is 113 Å². The second-order valence-electron chi connectivity index (χ2n) is 13.0. The molecule has 2 aliphatic heterocycles. The van der Waals surface area contributed by atoms with Gasteiger partial charge in [0.2, 0.25) is 0 Å². The summed E-state index contributed by atoms with van der Waals surface area (Å²) in [5, 5.41) is 0. The van der Waals surface area contributed by atoms with E-state index >= 15 is 0 Å². The molecule has 0 fully saturated rings. The molecule has 1 aliphatic carbocycles. The Hall–Kier alpha value is -3.47. The van der Waals surface area contributed by atoms with Crippen molar-refractivity contribution in [3.63, 3.8) is 0 Å². The Labute approximate surface area is 277 Å². The van der Waals surface area contributed by atoms with Gasteiger partial charge in [0.05, 0.1) is 11.4 Å². The van der Waals surface area contributed by atoms with Crippen LogP contribution in [0.2, 0.25) is 0 Å². The molecule has 0 aromatic heterocycles. The molecule has 44 heavy (non-hydrogen) atoms. The van der Waals surface area contributed by atoms with Crippen LogP contribution in [0, 0.1) is 13.8 Å². The molecular weight excluding hydrogens is 715 g/mol. The SMILES string of the molecule is [CH2-]CCN1/C(=C/C=C2\CCCC(/C=C/C3=Nc4ccccc4C3(C)C)=C2Oc2ccccc2)C(C)(C)c2cc(C)ccc21.[Os+]. The molecule has 1 radical (unpaired) electrons. The van der Waals surface area contributed by atoms with Crippen LogP contribution in [-0.2, 0) is 30.6 Å². The van der Waals surface area contributed by atoms with Crippen molar-refractivity contribution < 1.29 is 24.5 Å². The van der Waals surface area contributed by atoms with E-state index in [0.717, 1.165) is 55.1 Å². The fourth-order valence-electron chi connectivity index (χ4n) is 6.76. The molecule has 3 aromatic carbocycles. The quantitative estimate of drug-likeness (QED) is 0.224. The Morgan fingerprint density at radius 3 is 2.36 bits per heavy atom. The third-order valence-electron chi connectivity index (χ3n) is 9.21. The van der Waals surface area contributed by atoms with Gasteiger partial charge in [-0.15, -0.1) is 0 Å². The standard InChI is InChI=1S/C40H43N2O.Os/c1-7-26-42-35-23-20-28(2)27-33(35)40(5,6)37(42)25-22-30-15-13-14-29(38(30)43-31-16-9-8-10-17-31)21-24-36-39(3,4)32-18-11-12-19-34(32)41-36;/h8-12,16-25,27H,1,7,13-15,26H2,2-6H3;/q-1;+1/b24-21+,30-22+,37-25+;. The van der Waals surface area contributed by atoms with Crippen LogP contribution in [0.25, 0.3) is 0 Å². The Morgan fingerprint density at radius 1 is 0.864 bits per heavy atom. The first-order valence-electron chi connectivity index (χ1n) is 15.6. The summed E-state index contributed by atoms with van der Waals surface area (Å²) in [6.07, 6.45) is 13.0. The van der Waals surface area contributed by atoms with Crippen LogP contribution >= 0.6 is 0 Å². The molecule has 3 aromatic rings. The van der Waals surface area contributed by atoms with Crippen LogP contribution in [0.15, 0.2) is 125 Å². The summed E-state index contributed by atoms with van der Waals surface area (Å²) >= 11 is 0. The Morgan fingerprint density at radius 2 is 1.61 bits per heavy atom. The third-order valence-corrected chi connectivity index (χ3v) is 9.21. The molecule has 0 unspecified atom stereocenters. The topological polar surface area (TPSA) is 24.8 Å². The smallest absolute Gasteiger partial charge is 0.457 e. The van der Waals surface area contributed by atoms with E-state index in [9.17, 15) is 0 Å². The number of allylic oxidation sites excluding steroid dienone is 7. The molecule has 6 rings (SSSR count). The fourth-order valence-corrected chi connectivity index (χ4v) is 6.76. The summed E-state index contributed by atoms with van der Waals surface area (Å²) in [6, 6.07) is 25.5. The second kappa shape index (κ2) is 12.9. The molecule has 0 spiro atoms. The summed E-state index contributed by atoms with van der Waals surface area (Å²) in [5.41, 5.74) is 10.9. The summed E-state index contributed by atoms with van der Waals surface area (Å²) in [4.78, 5) is 7.46. The van der Waals surface area contributed by atoms with Crippen molar-refractivity contribution in [3.8, 4) is 5.75 Å². The average molecular weight is 758 g/mol. The molecule has 0 saturated carbocycles. The van der Waals surface area contributed by atoms with Crippen LogP contribution in [0.5, 0.6) is 5.75 Å². The van der Waals surface area contributed by atoms with Crippen molar-refractivity contribution in [2.45, 2.75) is 71.1 Å². The number of hydrogen-bond acceptors (Lipinski definition) is 3. The van der Waals surface area contributed by atoms with Crippen molar-refractivity contribution in [3.05, 3.63) is 143 Å². The molecule has 3 aliphatic rings. The Kier molecular flexibility index (Phi) is 9.34. The van der Waals surface area contributed by atoms with Crippen molar-refractivity contribution in [1.29, 1.82) is 0 Å². The first-order valence-corrected chi connectivity index (χ1v) is 15.6. The molecule has 2 heterocycles. The molecule has 0 amide bonds. The molecular formula is C40H43N2OOs. The van der Waals surface area contributed by atoms with E-state index < -0.39 is 0 Å². The van der Waals surface area contributed by atoms with E-state index in [1.807, 2.05) is 30.3 Å². The van der Waals surface area contributed by atoms with Crippen molar-refractivity contribution in [2.75, 3.05) is 11.4 Å². The number of fused-ring (bicyclic) bond motifs is 2. The summed E-state index contributed by atoms with van der Waals surface area (Å²) in [6.45, 7) is 16.5. The van der Waals surface area contributed by atoms with Gasteiger partial charge in [-0.05, 0) is 91.4 Å². The molecule has 227 valence electrons. The van der Waals surface area contributed by atoms with E-state index in [1.54, 1.807) is 0 Å². The third kappa shape index (κ3) is 5.95. The summed E-state index contributed by atoms with van der Waals surface area (Å²) in [5.74, 6) is 1.82. The predicted molar refractivity (Wildman–Crippen MR) is 181 cm³/mol. The summed E-state index contributed by atoms with van der Waals surface area (Å²) < 4.78 is 6.70. The molecule has 0 N–H and O–H groups in total. The first-order chi connectivity index (χ1) is 20.7. The van der Waals surface area contributed by atoms with E-state index in [1.165, 1.54) is 39.2 Å². The second-order valence-corrected chi connectivity index (χ2v) is 13.0. The Balaban J connectivity index is 0.00000384. The first kappa shape index (κ1) is 31.9. The number of nitrogens with zero attached hydrogens (tertiary/aromatic N) is 2. The number of rotatable bonds is 7. The molecule has 4 heteroatoms. The van der Waals surface area contributed by atoms with E-state index in [0.29, 0.717) is 0 Å². The van der Waals surface area contributed by atoms with Gasteiger partial charge in [-0.25, -0.2) is 0 Å². The molecule has 3 nitrogen and oxygen atoms in total. The molecule has 0 bridgehead atoms. The maximum atomic E-state index is 6.70. The van der Waals surface area contributed by atoms with E-state index in [-0.39, 0.29) is 30.6 Å². The van der Waals surface area contributed by atoms with Gasteiger partial charge in [-0.2, -0.15) is 6.42 Å². The maximum Gasteiger partial charge on any atom is 1.00 e. The van der Waals surface area contributed by atoms with Crippen LogP contribution in [0.4, 0.5) is 11.4 Å². The van der Waals surface area contributed by atoms with Gasteiger partial charge >= 0.3 is 19.8 Å². The number of aliphatic imine (C=N–C) groups is 1. The van der Waals surface area contributed by atoms with Gasteiger partial charge in [0.25, 0.3) is 0 Å². The minimum atomic E-state index is -0.134. The van der Waals surface area contributed by atoms with Gasteiger partial charge in [0, 0.05) is 22.2 Å². The average Bonchev–Trinajstić information content (AvgIpc) is 3.37. The minimum absolute atomic E-state index is 0. The molecule has 0 atom stereocenters. The van der Waals surface area contributed by atoms with Crippen LogP contribution < -0.4 is 9.64 Å². The van der Waals surface area contributed by atoms with Gasteiger partial charge in [0.1, 0.15) is 11.5 Å². The summed E-state index contributed by atoms with van der Waals surface area (Å²) in [7, 11) is 0. The largest absolute Gasteiger partial charge is 1.00 e. The normalized spacial score (nSPS) is 20.1. The van der Waals surface area contributed by atoms with Gasteiger partial charge in [0.15, 0.2) is 0 Å². The molecule has 0 saturated heterocycles. The van der Waals surface area contributed by atoms with Gasteiger partial charge in [-0.1, -0.05) is 93.9 Å². The van der Waals surface area contributed by atoms with E-state index in [4.69, 9.17) is 9.73 Å². The minimum Gasteiger partial charge on any atom is -0.457 e. The number of hydrogen-bond donors (Lipinski definition) is 0. The number of benzene rings is 3. The fraction of sp³-hybridized carbons (Fsp3) is 0.300.